The molecule has 0 radical (unpaired) electrons. The Balaban J connectivity index is 2.90. The summed E-state index contributed by atoms with van der Waals surface area (Å²) < 4.78 is 0. The zero-order chi connectivity index (χ0) is 13.0. The van der Waals surface area contributed by atoms with Gasteiger partial charge in [0.2, 0.25) is 0 Å². The van der Waals surface area contributed by atoms with Crippen LogP contribution in [0.1, 0.15) is 21.6 Å². The summed E-state index contributed by atoms with van der Waals surface area (Å²) >= 11 is 0. The number of aryl methyl sites for hydroxylation is 1. The number of aliphatic hydroxyl groups excluding tert-OH is 2. The summed E-state index contributed by atoms with van der Waals surface area (Å²) in [6.07, 6.45) is -1.04. The zero-order valence-corrected chi connectivity index (χ0v) is 9.65. The summed E-state index contributed by atoms with van der Waals surface area (Å²) in [7, 11) is 0. The maximum atomic E-state index is 11.7. The van der Waals surface area contributed by atoms with Crippen molar-refractivity contribution in [3.63, 3.8) is 0 Å². The van der Waals surface area contributed by atoms with E-state index in [-0.39, 0.29) is 12.1 Å². The second-order valence-electron chi connectivity index (χ2n) is 3.68. The minimum atomic E-state index is -1.04. The molecule has 1 amide bonds. The van der Waals surface area contributed by atoms with Crippen molar-refractivity contribution in [1.82, 2.24) is 15.5 Å². The number of nitrogens with zero attached hydrogens (tertiary/aromatic N) is 1. The Bertz CT molecular complexity index is 469. The van der Waals surface area contributed by atoms with Crippen LogP contribution in [-0.2, 0) is 0 Å². The van der Waals surface area contributed by atoms with Crippen molar-refractivity contribution in [3.05, 3.63) is 27.2 Å². The van der Waals surface area contributed by atoms with Gasteiger partial charge in [0.25, 0.3) is 11.5 Å². The number of carbonyl (C=O) groups excluding carboxylic acids is 1. The smallest absolute Gasteiger partial charge is 0.277 e. The summed E-state index contributed by atoms with van der Waals surface area (Å²) in [6, 6.07) is 0. The molecule has 94 valence electrons. The highest BCUT2D eigenvalue weighted by Crippen LogP contribution is 2.04. The van der Waals surface area contributed by atoms with Crippen molar-refractivity contribution >= 4 is 5.91 Å². The summed E-state index contributed by atoms with van der Waals surface area (Å²) in [6.45, 7) is 2.72. The van der Waals surface area contributed by atoms with Crippen LogP contribution in [0, 0.1) is 13.8 Å². The Labute approximate surface area is 97.5 Å². The average molecular weight is 241 g/mol. The molecule has 4 N–H and O–H groups in total. The number of amides is 1. The van der Waals surface area contributed by atoms with Crippen LogP contribution in [0.25, 0.3) is 0 Å². The van der Waals surface area contributed by atoms with Crippen molar-refractivity contribution in [2.24, 2.45) is 0 Å². The van der Waals surface area contributed by atoms with Crippen molar-refractivity contribution in [2.45, 2.75) is 20.0 Å². The summed E-state index contributed by atoms with van der Waals surface area (Å²) in [5.41, 5.74) is 0.439. The number of aliphatic hydroxyl groups is 2. The Kier molecular flexibility index (Phi) is 4.36. The number of nitrogens with one attached hydrogen (secondary N) is 2. The zero-order valence-electron chi connectivity index (χ0n) is 9.65. The van der Waals surface area contributed by atoms with E-state index in [1.807, 2.05) is 0 Å². The third-order valence-corrected chi connectivity index (χ3v) is 2.41. The minimum Gasteiger partial charge on any atom is -0.394 e. The molecule has 0 aromatic carbocycles. The molecule has 1 aromatic heterocycles. The van der Waals surface area contributed by atoms with Crippen molar-refractivity contribution in [2.75, 3.05) is 13.2 Å². The molecule has 0 saturated heterocycles. The molecule has 1 heterocycles. The lowest BCUT2D eigenvalue weighted by atomic mass is 10.1. The van der Waals surface area contributed by atoms with Crippen molar-refractivity contribution in [3.8, 4) is 0 Å². The highest BCUT2D eigenvalue weighted by atomic mass is 16.3. The predicted octanol–water partition coefficient (Wildman–Crippen LogP) is -1.53. The SMILES string of the molecule is Cc1n[nH]c(=O)c(C(=O)NCC(O)CO)c1C. The molecule has 1 aromatic rings. The molecule has 17 heavy (non-hydrogen) atoms. The predicted molar refractivity (Wildman–Crippen MR) is 59.8 cm³/mol. The van der Waals surface area contributed by atoms with Gasteiger partial charge in [-0.05, 0) is 19.4 Å². The lowest BCUT2D eigenvalue weighted by Gasteiger charge is -2.10. The highest BCUT2D eigenvalue weighted by molar-refractivity contribution is 5.95. The fourth-order valence-electron chi connectivity index (χ4n) is 1.26. The van der Waals surface area contributed by atoms with Crippen LogP contribution in [0.15, 0.2) is 4.79 Å². The number of rotatable bonds is 4. The third-order valence-electron chi connectivity index (χ3n) is 2.41. The maximum absolute atomic E-state index is 11.7. The number of H-pyrrole nitrogens is 1. The van der Waals surface area contributed by atoms with Crippen LogP contribution in [-0.4, -0.2) is 45.6 Å². The molecule has 0 spiro atoms. The molecule has 0 aliphatic rings. The highest BCUT2D eigenvalue weighted by Gasteiger charge is 2.16. The van der Waals surface area contributed by atoms with Crippen LogP contribution in [0.3, 0.4) is 0 Å². The van der Waals surface area contributed by atoms with Crippen LogP contribution in [0.2, 0.25) is 0 Å². The normalized spacial score (nSPS) is 12.2. The molecule has 1 rings (SSSR count). The summed E-state index contributed by atoms with van der Waals surface area (Å²) in [5, 5.41) is 26.0. The lowest BCUT2D eigenvalue weighted by Crippen LogP contribution is -2.37. The van der Waals surface area contributed by atoms with Gasteiger partial charge in [-0.15, -0.1) is 0 Å². The first-order valence-electron chi connectivity index (χ1n) is 5.10. The average Bonchev–Trinajstić information content (AvgIpc) is 2.31. The van der Waals surface area contributed by atoms with Crippen LogP contribution >= 0.6 is 0 Å². The van der Waals surface area contributed by atoms with Crippen molar-refractivity contribution < 1.29 is 15.0 Å². The Morgan fingerprint density at radius 1 is 1.53 bits per heavy atom. The first kappa shape index (κ1) is 13.3. The van der Waals surface area contributed by atoms with Crippen molar-refractivity contribution in [1.29, 1.82) is 0 Å². The summed E-state index contributed by atoms with van der Waals surface area (Å²) in [5.74, 6) is -0.596. The molecular formula is C10H15N3O4. The molecule has 1 unspecified atom stereocenters. The fourth-order valence-corrected chi connectivity index (χ4v) is 1.26. The van der Waals surface area contributed by atoms with E-state index in [9.17, 15) is 9.59 Å². The van der Waals surface area contributed by atoms with E-state index in [4.69, 9.17) is 10.2 Å². The molecule has 1 atom stereocenters. The standard InChI is InChI=1S/C10H15N3O4/c1-5-6(2)12-13-10(17)8(5)9(16)11-3-7(15)4-14/h7,14-15H,3-4H2,1-2H3,(H,11,16)(H,13,17). The molecule has 0 aliphatic heterocycles. The van der Waals surface area contributed by atoms with E-state index in [2.05, 4.69) is 15.5 Å². The largest absolute Gasteiger partial charge is 0.394 e. The van der Waals surface area contributed by atoms with Gasteiger partial charge < -0.3 is 15.5 Å². The van der Waals surface area contributed by atoms with Gasteiger partial charge in [-0.3, -0.25) is 9.59 Å². The lowest BCUT2D eigenvalue weighted by molar-refractivity contribution is 0.0800. The van der Waals surface area contributed by atoms with E-state index in [1.165, 1.54) is 0 Å². The van der Waals surface area contributed by atoms with Crippen LogP contribution in [0.4, 0.5) is 0 Å². The molecule has 0 bridgehead atoms. The van der Waals surface area contributed by atoms with E-state index in [0.717, 1.165) is 0 Å². The number of hydrogen-bond acceptors (Lipinski definition) is 5. The second kappa shape index (κ2) is 5.55. The van der Waals surface area contributed by atoms with Crippen LogP contribution in [0.5, 0.6) is 0 Å². The van der Waals surface area contributed by atoms with E-state index in [0.29, 0.717) is 11.3 Å². The van der Waals surface area contributed by atoms with Gasteiger partial charge in [0.05, 0.1) is 18.4 Å². The van der Waals surface area contributed by atoms with Gasteiger partial charge in [0.1, 0.15) is 5.56 Å². The van der Waals surface area contributed by atoms with Crippen LogP contribution < -0.4 is 10.9 Å². The maximum Gasteiger partial charge on any atom is 0.277 e. The Morgan fingerprint density at radius 3 is 2.76 bits per heavy atom. The van der Waals surface area contributed by atoms with Gasteiger partial charge in [-0.2, -0.15) is 5.10 Å². The molecule has 0 saturated carbocycles. The fraction of sp³-hybridized carbons (Fsp3) is 0.500. The monoisotopic (exact) mass is 241 g/mol. The molecule has 7 heteroatoms. The Hall–Kier alpha value is -1.73. The summed E-state index contributed by atoms with van der Waals surface area (Å²) in [4.78, 5) is 23.2. The molecule has 0 fully saturated rings. The molecule has 7 nitrogen and oxygen atoms in total. The third kappa shape index (κ3) is 3.11. The van der Waals surface area contributed by atoms with Gasteiger partial charge in [-0.25, -0.2) is 5.10 Å². The minimum absolute atomic E-state index is 0.0253. The van der Waals surface area contributed by atoms with E-state index in [1.54, 1.807) is 13.8 Å². The van der Waals surface area contributed by atoms with Gasteiger partial charge in [0.15, 0.2) is 0 Å². The van der Waals surface area contributed by atoms with Gasteiger partial charge in [0, 0.05) is 6.54 Å². The number of carbonyl (C=O) groups is 1. The number of hydrogen-bond donors (Lipinski definition) is 4. The van der Waals surface area contributed by atoms with E-state index < -0.39 is 24.2 Å². The first-order chi connectivity index (χ1) is 7.97. The quantitative estimate of drug-likeness (QED) is 0.510. The topological polar surface area (TPSA) is 115 Å². The molecule has 0 aliphatic carbocycles. The molecular weight excluding hydrogens is 226 g/mol. The second-order valence-corrected chi connectivity index (χ2v) is 3.68. The van der Waals surface area contributed by atoms with Gasteiger partial charge in [-0.1, -0.05) is 0 Å². The van der Waals surface area contributed by atoms with E-state index >= 15 is 0 Å². The number of aromatic nitrogens is 2. The first-order valence-corrected chi connectivity index (χ1v) is 5.10. The van der Waals surface area contributed by atoms with Gasteiger partial charge >= 0.3 is 0 Å². The Morgan fingerprint density at radius 2 is 2.18 bits per heavy atom. The number of aromatic amines is 1.